The van der Waals surface area contributed by atoms with E-state index in [9.17, 15) is 17.6 Å². The van der Waals surface area contributed by atoms with Crippen LogP contribution in [0.2, 0.25) is 0 Å². The summed E-state index contributed by atoms with van der Waals surface area (Å²) in [6.45, 7) is 0. The summed E-state index contributed by atoms with van der Waals surface area (Å²) < 4.78 is 41.5. The van der Waals surface area contributed by atoms with Gasteiger partial charge in [0.05, 0.1) is 24.3 Å². The molecule has 134 valence electrons. The fourth-order valence-electron chi connectivity index (χ4n) is 2.75. The molecule has 1 fully saturated rings. The molecule has 0 spiro atoms. The van der Waals surface area contributed by atoms with Crippen molar-refractivity contribution in [2.45, 2.75) is 12.8 Å². The Balaban J connectivity index is 1.63. The monoisotopic (exact) mass is 384 g/mol. The van der Waals surface area contributed by atoms with Gasteiger partial charge >= 0.3 is 0 Å². The van der Waals surface area contributed by atoms with E-state index in [1.54, 1.807) is 11.4 Å². The van der Waals surface area contributed by atoms with Gasteiger partial charge in [0.25, 0.3) is 0 Å². The summed E-state index contributed by atoms with van der Waals surface area (Å²) in [6.07, 6.45) is 0.676. The molecule has 1 amide bonds. The fourth-order valence-corrected chi connectivity index (χ4v) is 5.35. The molecule has 0 unspecified atom stereocenters. The predicted octanol–water partition coefficient (Wildman–Crippen LogP) is 2.72. The van der Waals surface area contributed by atoms with E-state index in [-0.39, 0.29) is 35.5 Å². The van der Waals surface area contributed by atoms with Crippen molar-refractivity contribution in [3.63, 3.8) is 0 Å². The van der Waals surface area contributed by atoms with Crippen LogP contribution in [0, 0.1) is 11.7 Å². The minimum Gasteiger partial charge on any atom is -0.494 e. The summed E-state index contributed by atoms with van der Waals surface area (Å²) in [4.78, 5) is 16.3. The van der Waals surface area contributed by atoms with Crippen molar-refractivity contribution >= 4 is 32.2 Å². The second kappa shape index (κ2) is 7.09. The van der Waals surface area contributed by atoms with Gasteiger partial charge in [0.1, 0.15) is 0 Å². The van der Waals surface area contributed by atoms with Crippen LogP contribution in [0.3, 0.4) is 0 Å². The average Bonchev–Trinajstić information content (AvgIpc) is 3.13. The lowest BCUT2D eigenvalue weighted by atomic mass is 10.1. The molecule has 0 radical (unpaired) electrons. The highest BCUT2D eigenvalue weighted by molar-refractivity contribution is 7.91. The van der Waals surface area contributed by atoms with Crippen LogP contribution < -0.4 is 10.1 Å². The third-order valence-corrected chi connectivity index (χ3v) is 6.59. The second-order valence-electron chi connectivity index (χ2n) is 5.91. The van der Waals surface area contributed by atoms with Crippen LogP contribution in [0.1, 0.15) is 12.8 Å². The predicted molar refractivity (Wildman–Crippen MR) is 94.1 cm³/mol. The van der Waals surface area contributed by atoms with Crippen LogP contribution in [0.5, 0.6) is 5.75 Å². The second-order valence-corrected chi connectivity index (χ2v) is 9.00. The number of thiazole rings is 1. The van der Waals surface area contributed by atoms with Crippen molar-refractivity contribution in [3.8, 4) is 17.0 Å². The molecule has 0 saturated carbocycles. The van der Waals surface area contributed by atoms with Crippen molar-refractivity contribution < 1.29 is 22.3 Å². The molecule has 1 aliphatic heterocycles. The van der Waals surface area contributed by atoms with Crippen LogP contribution in [0.15, 0.2) is 23.6 Å². The number of nitrogens with one attached hydrogen (secondary N) is 1. The van der Waals surface area contributed by atoms with Gasteiger partial charge in [0, 0.05) is 17.4 Å². The molecule has 1 N–H and O–H groups in total. The molecule has 2 heterocycles. The minimum atomic E-state index is -2.99. The van der Waals surface area contributed by atoms with Gasteiger partial charge in [0.2, 0.25) is 5.91 Å². The molecule has 1 saturated heterocycles. The molecule has 9 heteroatoms. The molecule has 1 aromatic carbocycles. The van der Waals surface area contributed by atoms with Crippen LogP contribution in [-0.4, -0.2) is 37.9 Å². The number of carbonyl (C=O) groups excluding carboxylic acids is 1. The van der Waals surface area contributed by atoms with Crippen LogP contribution >= 0.6 is 11.3 Å². The molecule has 6 nitrogen and oxygen atoms in total. The number of amides is 1. The van der Waals surface area contributed by atoms with E-state index in [0.29, 0.717) is 22.8 Å². The number of benzene rings is 1. The summed E-state index contributed by atoms with van der Waals surface area (Å²) in [5.41, 5.74) is 1.13. The number of sulfone groups is 1. The lowest BCUT2D eigenvalue weighted by Crippen LogP contribution is -2.17. The summed E-state index contributed by atoms with van der Waals surface area (Å²) in [5.74, 6) is -0.520. The van der Waals surface area contributed by atoms with Gasteiger partial charge in [-0.3, -0.25) is 4.79 Å². The van der Waals surface area contributed by atoms with E-state index >= 15 is 0 Å². The number of rotatable bonds is 5. The third-order valence-electron chi connectivity index (χ3n) is 4.00. The lowest BCUT2D eigenvalue weighted by molar-refractivity contribution is -0.116. The summed E-state index contributed by atoms with van der Waals surface area (Å²) in [7, 11) is -1.60. The maximum atomic E-state index is 13.8. The number of aromatic nitrogens is 1. The number of carbonyl (C=O) groups is 1. The molecule has 1 aliphatic rings. The highest BCUT2D eigenvalue weighted by Gasteiger charge is 2.29. The van der Waals surface area contributed by atoms with Crippen molar-refractivity contribution in [1.82, 2.24) is 4.98 Å². The van der Waals surface area contributed by atoms with Gasteiger partial charge in [-0.2, -0.15) is 0 Å². The first-order valence-corrected chi connectivity index (χ1v) is 10.4. The van der Waals surface area contributed by atoms with E-state index in [1.807, 2.05) is 0 Å². The maximum absolute atomic E-state index is 13.8. The SMILES string of the molecule is COc1ccc(-c2csc(NC(=O)C[C@@H]3CCS(=O)(=O)C3)n2)cc1F. The summed E-state index contributed by atoms with van der Waals surface area (Å²) >= 11 is 1.23. The quantitative estimate of drug-likeness (QED) is 0.857. The molecule has 25 heavy (non-hydrogen) atoms. The van der Waals surface area contributed by atoms with Gasteiger partial charge in [-0.25, -0.2) is 17.8 Å². The molecule has 1 aromatic heterocycles. The van der Waals surface area contributed by atoms with Crippen molar-refractivity contribution in [2.24, 2.45) is 5.92 Å². The Bertz CT molecular complexity index is 895. The molecule has 2 aromatic rings. The lowest BCUT2D eigenvalue weighted by Gasteiger charge is -2.06. The Kier molecular flexibility index (Phi) is 5.05. The number of hydrogen-bond acceptors (Lipinski definition) is 6. The number of hydrogen-bond donors (Lipinski definition) is 1. The first-order chi connectivity index (χ1) is 11.9. The minimum absolute atomic E-state index is 0.0642. The number of methoxy groups -OCH3 is 1. The largest absolute Gasteiger partial charge is 0.494 e. The Morgan fingerprint density at radius 3 is 2.92 bits per heavy atom. The fraction of sp³-hybridized carbons (Fsp3) is 0.375. The van der Waals surface area contributed by atoms with Crippen molar-refractivity contribution in [1.29, 1.82) is 0 Å². The molecule has 3 rings (SSSR count). The van der Waals surface area contributed by atoms with Crippen molar-refractivity contribution in [3.05, 3.63) is 29.4 Å². The highest BCUT2D eigenvalue weighted by atomic mass is 32.2. The topological polar surface area (TPSA) is 85.4 Å². The zero-order chi connectivity index (χ0) is 18.0. The van der Waals surface area contributed by atoms with E-state index in [0.717, 1.165) is 0 Å². The maximum Gasteiger partial charge on any atom is 0.226 e. The van der Waals surface area contributed by atoms with Crippen LogP contribution in [0.25, 0.3) is 11.3 Å². The Morgan fingerprint density at radius 2 is 2.28 bits per heavy atom. The van der Waals surface area contributed by atoms with Gasteiger partial charge in [-0.1, -0.05) is 0 Å². The zero-order valence-corrected chi connectivity index (χ0v) is 15.1. The third kappa shape index (κ3) is 4.35. The number of nitrogens with zero attached hydrogens (tertiary/aromatic N) is 1. The number of ether oxygens (including phenoxy) is 1. The molecular weight excluding hydrogens is 367 g/mol. The van der Waals surface area contributed by atoms with Gasteiger partial charge < -0.3 is 10.1 Å². The van der Waals surface area contributed by atoms with E-state index < -0.39 is 15.7 Å². The van der Waals surface area contributed by atoms with E-state index in [4.69, 9.17) is 4.74 Å². The van der Waals surface area contributed by atoms with E-state index in [2.05, 4.69) is 10.3 Å². The van der Waals surface area contributed by atoms with Gasteiger partial charge in [-0.15, -0.1) is 11.3 Å². The first kappa shape index (κ1) is 17.8. The number of halogens is 1. The number of anilines is 1. The van der Waals surface area contributed by atoms with Crippen LogP contribution in [-0.2, 0) is 14.6 Å². The molecule has 1 atom stereocenters. The average molecular weight is 384 g/mol. The Morgan fingerprint density at radius 1 is 1.48 bits per heavy atom. The zero-order valence-electron chi connectivity index (χ0n) is 13.5. The molecular formula is C16H17FN2O4S2. The van der Waals surface area contributed by atoms with Crippen molar-refractivity contribution in [2.75, 3.05) is 23.9 Å². The first-order valence-electron chi connectivity index (χ1n) is 7.66. The highest BCUT2D eigenvalue weighted by Crippen LogP contribution is 2.29. The smallest absolute Gasteiger partial charge is 0.226 e. The summed E-state index contributed by atoms with van der Waals surface area (Å²) in [5, 5.41) is 4.80. The van der Waals surface area contributed by atoms with Crippen LogP contribution in [0.4, 0.5) is 9.52 Å². The summed E-state index contributed by atoms with van der Waals surface area (Å²) in [6, 6.07) is 4.53. The Labute approximate surface area is 149 Å². The Hall–Kier alpha value is -2.00. The normalized spacial score (nSPS) is 18.9. The van der Waals surface area contributed by atoms with Gasteiger partial charge in [-0.05, 0) is 30.5 Å². The standard InChI is InChI=1S/C16H17FN2O4S2/c1-23-14-3-2-11(7-12(14)17)13-8-24-16(18-13)19-15(20)6-10-4-5-25(21,22)9-10/h2-3,7-8,10H,4-6,9H2,1H3,(H,18,19,20)/t10-/m0/s1. The molecule has 0 aliphatic carbocycles. The van der Waals surface area contributed by atoms with Gasteiger partial charge in [0.15, 0.2) is 26.5 Å². The van der Waals surface area contributed by atoms with E-state index in [1.165, 1.54) is 30.6 Å². The molecule has 0 bridgehead atoms.